The summed E-state index contributed by atoms with van der Waals surface area (Å²) in [5.74, 6) is -2.02. The van der Waals surface area contributed by atoms with Gasteiger partial charge in [0.05, 0.1) is 23.4 Å². The fourth-order valence-electron chi connectivity index (χ4n) is 4.55. The van der Waals surface area contributed by atoms with Crippen molar-refractivity contribution in [3.63, 3.8) is 0 Å². The molecule has 1 aromatic rings. The molecule has 1 unspecified atom stereocenters. The van der Waals surface area contributed by atoms with E-state index < -0.39 is 29.7 Å². The lowest BCUT2D eigenvalue weighted by Gasteiger charge is -2.39. The first-order chi connectivity index (χ1) is 15.4. The third-order valence-electron chi connectivity index (χ3n) is 6.29. The van der Waals surface area contributed by atoms with Gasteiger partial charge in [-0.15, -0.1) is 0 Å². The Morgan fingerprint density at radius 3 is 2.78 bits per heavy atom. The Morgan fingerprint density at radius 1 is 1.22 bits per heavy atom. The summed E-state index contributed by atoms with van der Waals surface area (Å²) in [7, 11) is 3.78. The lowest BCUT2D eigenvalue weighted by molar-refractivity contribution is -0.136. The summed E-state index contributed by atoms with van der Waals surface area (Å²) in [6.07, 6.45) is 0.990. The molecular weight excluding hydrogens is 414 g/mol. The van der Waals surface area contributed by atoms with E-state index in [1.54, 1.807) is 18.2 Å². The van der Waals surface area contributed by atoms with Crippen molar-refractivity contribution in [1.82, 2.24) is 20.4 Å². The van der Waals surface area contributed by atoms with E-state index in [0.717, 1.165) is 31.0 Å². The summed E-state index contributed by atoms with van der Waals surface area (Å²) in [5, 5.41) is 5.38. The van der Waals surface area contributed by atoms with Gasteiger partial charge in [-0.1, -0.05) is 6.07 Å². The second-order valence-electron chi connectivity index (χ2n) is 8.34. The Balaban J connectivity index is 1.55. The highest BCUT2D eigenvalue weighted by Crippen LogP contribution is 2.34. The number of fused-ring (bicyclic) bond motifs is 1. The van der Waals surface area contributed by atoms with E-state index in [9.17, 15) is 19.2 Å². The molecule has 3 aliphatic heterocycles. The van der Waals surface area contributed by atoms with Crippen molar-refractivity contribution in [3.05, 3.63) is 29.3 Å². The van der Waals surface area contributed by atoms with Crippen LogP contribution >= 0.6 is 0 Å². The molecule has 0 bridgehead atoms. The highest BCUT2D eigenvalue weighted by molar-refractivity contribution is 6.25. The number of carbonyl (C=O) groups is 4. The zero-order valence-corrected chi connectivity index (χ0v) is 18.4. The van der Waals surface area contributed by atoms with Gasteiger partial charge in [0, 0.05) is 26.6 Å². The minimum atomic E-state index is -0.980. The lowest BCUT2D eigenvalue weighted by atomic mass is 10.0. The molecule has 10 heteroatoms. The minimum Gasteiger partial charge on any atom is -0.356 e. The van der Waals surface area contributed by atoms with Crippen molar-refractivity contribution in [2.75, 3.05) is 51.8 Å². The largest absolute Gasteiger partial charge is 0.356 e. The van der Waals surface area contributed by atoms with Gasteiger partial charge in [-0.25, -0.2) is 0 Å². The summed E-state index contributed by atoms with van der Waals surface area (Å²) in [5.41, 5.74) is 1.14. The maximum atomic E-state index is 13.3. The molecule has 4 rings (SSSR count). The molecule has 2 N–H and O–H groups in total. The number of anilines is 1. The summed E-state index contributed by atoms with van der Waals surface area (Å²) in [4.78, 5) is 55.4. The second-order valence-corrected chi connectivity index (χ2v) is 8.34. The highest BCUT2D eigenvalue weighted by atomic mass is 16.5. The van der Waals surface area contributed by atoms with Gasteiger partial charge in [-0.05, 0) is 45.1 Å². The average molecular weight is 444 g/mol. The van der Waals surface area contributed by atoms with Gasteiger partial charge in [0.25, 0.3) is 11.8 Å². The average Bonchev–Trinajstić information content (AvgIpc) is 3.04. The number of carbonyl (C=O) groups excluding carboxylic acids is 4. The molecule has 1 aromatic carbocycles. The number of nitrogens with one attached hydrogen (secondary N) is 2. The van der Waals surface area contributed by atoms with Crippen LogP contribution < -0.4 is 15.5 Å². The van der Waals surface area contributed by atoms with E-state index in [2.05, 4.69) is 15.5 Å². The number of ether oxygens (including phenoxy) is 1. The number of imide groups is 2. The fraction of sp³-hybridized carbons (Fsp3) is 0.545. The number of benzene rings is 1. The maximum Gasteiger partial charge on any atom is 0.264 e. The molecule has 0 saturated carbocycles. The van der Waals surface area contributed by atoms with E-state index in [4.69, 9.17) is 4.74 Å². The third kappa shape index (κ3) is 4.13. The van der Waals surface area contributed by atoms with Gasteiger partial charge in [-0.2, -0.15) is 0 Å². The van der Waals surface area contributed by atoms with Crippen LogP contribution in [0.2, 0.25) is 0 Å². The maximum absolute atomic E-state index is 13.3. The molecule has 0 spiro atoms. The number of hydrogen-bond acceptors (Lipinski definition) is 8. The number of rotatable bonds is 7. The van der Waals surface area contributed by atoms with Crippen LogP contribution in [0.4, 0.5) is 5.69 Å². The molecular formula is C22H29N5O5. The lowest BCUT2D eigenvalue weighted by Crippen LogP contribution is -2.54. The number of likely N-dealkylation sites (N-methyl/N-ethyl adjacent to an activating group) is 1. The van der Waals surface area contributed by atoms with Gasteiger partial charge in [0.15, 0.2) is 0 Å². The van der Waals surface area contributed by atoms with E-state index in [1.807, 2.05) is 19.0 Å². The van der Waals surface area contributed by atoms with Crippen LogP contribution in [0.25, 0.3) is 0 Å². The number of nitrogens with zero attached hydrogens (tertiary/aromatic N) is 3. The fourth-order valence-corrected chi connectivity index (χ4v) is 4.55. The molecule has 0 aromatic heterocycles. The van der Waals surface area contributed by atoms with E-state index >= 15 is 0 Å². The van der Waals surface area contributed by atoms with Crippen LogP contribution in [-0.4, -0.2) is 92.6 Å². The molecule has 172 valence electrons. The van der Waals surface area contributed by atoms with Crippen LogP contribution in [-0.2, 0) is 14.3 Å². The molecule has 32 heavy (non-hydrogen) atoms. The molecule has 0 radical (unpaired) electrons. The van der Waals surface area contributed by atoms with Crippen molar-refractivity contribution in [1.29, 1.82) is 0 Å². The van der Waals surface area contributed by atoms with E-state index in [1.165, 1.54) is 0 Å². The molecule has 0 aliphatic carbocycles. The number of morpholine rings is 1. The van der Waals surface area contributed by atoms with Crippen molar-refractivity contribution in [2.24, 2.45) is 0 Å². The number of hydrogen-bond donors (Lipinski definition) is 2. The predicted octanol–water partition coefficient (Wildman–Crippen LogP) is -0.208. The van der Waals surface area contributed by atoms with Crippen LogP contribution in [0, 0.1) is 0 Å². The molecule has 10 nitrogen and oxygen atoms in total. The minimum absolute atomic E-state index is 0.0931. The summed E-state index contributed by atoms with van der Waals surface area (Å²) in [6, 6.07) is 4.15. The molecule has 2 saturated heterocycles. The Kier molecular flexibility index (Phi) is 6.54. The zero-order chi connectivity index (χ0) is 22.8. The van der Waals surface area contributed by atoms with Gasteiger partial charge in [-0.3, -0.25) is 34.3 Å². The van der Waals surface area contributed by atoms with E-state index in [-0.39, 0.29) is 30.2 Å². The zero-order valence-electron chi connectivity index (χ0n) is 18.4. The number of piperidine rings is 1. The standard InChI is InChI=1S/C22H29N5O5/c1-23-9-4-10-26-11-12-32-18(13-26)25(2)15-6-3-5-14-19(15)22(31)27(21(14)30)16-7-8-17(28)24-20(16)29/h3,5-6,16,18,23H,4,7-13H2,1-2H3,(H,24,28,29)/t16?,18-/m1/s1. The van der Waals surface area contributed by atoms with Crippen LogP contribution in [0.5, 0.6) is 0 Å². The molecule has 3 aliphatic rings. The molecule has 3 heterocycles. The van der Waals surface area contributed by atoms with Gasteiger partial charge in [0.2, 0.25) is 11.8 Å². The highest BCUT2D eigenvalue weighted by Gasteiger charge is 2.46. The second kappa shape index (κ2) is 9.35. The first kappa shape index (κ1) is 22.4. The van der Waals surface area contributed by atoms with Crippen molar-refractivity contribution in [3.8, 4) is 0 Å². The van der Waals surface area contributed by atoms with Gasteiger partial charge in [0.1, 0.15) is 12.3 Å². The first-order valence-corrected chi connectivity index (χ1v) is 11.0. The van der Waals surface area contributed by atoms with Crippen LogP contribution in [0.15, 0.2) is 18.2 Å². The SMILES string of the molecule is CNCCCN1CCO[C@@H](N(C)c2cccc3c2C(=O)N(C2CCC(=O)NC2=O)C3=O)C1. The summed E-state index contributed by atoms with van der Waals surface area (Å²) >= 11 is 0. The molecule has 2 atom stereocenters. The Morgan fingerprint density at radius 2 is 2.03 bits per heavy atom. The first-order valence-electron chi connectivity index (χ1n) is 11.0. The monoisotopic (exact) mass is 443 g/mol. The number of amides is 4. The van der Waals surface area contributed by atoms with Crippen LogP contribution in [0.3, 0.4) is 0 Å². The Hall–Kier alpha value is -2.82. The molecule has 2 fully saturated rings. The van der Waals surface area contributed by atoms with Crippen molar-refractivity contribution in [2.45, 2.75) is 31.5 Å². The smallest absolute Gasteiger partial charge is 0.264 e. The summed E-state index contributed by atoms with van der Waals surface area (Å²) < 4.78 is 5.98. The van der Waals surface area contributed by atoms with Gasteiger partial charge >= 0.3 is 0 Å². The predicted molar refractivity (Wildman–Crippen MR) is 116 cm³/mol. The third-order valence-corrected chi connectivity index (χ3v) is 6.29. The quantitative estimate of drug-likeness (QED) is 0.440. The van der Waals surface area contributed by atoms with Crippen molar-refractivity contribution >= 4 is 29.3 Å². The molecule has 4 amide bonds. The summed E-state index contributed by atoms with van der Waals surface area (Å²) in [6.45, 7) is 4.00. The normalized spacial score (nSPS) is 24.0. The van der Waals surface area contributed by atoms with Gasteiger partial charge < -0.3 is 15.0 Å². The van der Waals surface area contributed by atoms with Crippen molar-refractivity contribution < 1.29 is 23.9 Å². The Labute approximate surface area is 186 Å². The van der Waals surface area contributed by atoms with E-state index in [0.29, 0.717) is 18.8 Å². The van der Waals surface area contributed by atoms with Crippen LogP contribution in [0.1, 0.15) is 40.0 Å². The Bertz CT molecular complexity index is 935. The topological polar surface area (TPSA) is 111 Å².